The number of nitrogens with zero attached hydrogens (tertiary/aromatic N) is 1. The third-order valence-corrected chi connectivity index (χ3v) is 4.65. The van der Waals surface area contributed by atoms with E-state index in [1.807, 2.05) is 43.0 Å². The number of hydrogen-bond donors (Lipinski definition) is 1. The van der Waals surface area contributed by atoms with E-state index in [2.05, 4.69) is 36.5 Å². The first-order valence-corrected chi connectivity index (χ1v) is 9.31. The number of carbonyl (C=O) groups excluding carboxylic acids is 1. The molecule has 0 spiro atoms. The predicted octanol–water partition coefficient (Wildman–Crippen LogP) is 3.53. The van der Waals surface area contributed by atoms with Crippen LogP contribution in [-0.4, -0.2) is 36.1 Å². The molecule has 0 aliphatic carbocycles. The lowest BCUT2D eigenvalue weighted by Crippen LogP contribution is -2.48. The number of aryl methyl sites for hydroxylation is 1. The highest BCUT2D eigenvalue weighted by molar-refractivity contribution is 5.94. The zero-order valence-corrected chi connectivity index (χ0v) is 15.9. The van der Waals surface area contributed by atoms with Crippen LogP contribution in [0.4, 0.5) is 0 Å². The summed E-state index contributed by atoms with van der Waals surface area (Å²) in [4.78, 5) is 14.6. The standard InChI is InChI=1S/C22H28N2O2/c1-16-5-4-6-20(11-16)13-23-12-19-7-9-21(10-8-19)22(25)24-14-17(2)26-18(3)15-24/h4-11,17-18,23H,12-15H2,1-3H3. The number of morpholine rings is 1. The van der Waals surface area contributed by atoms with Crippen molar-refractivity contribution in [1.29, 1.82) is 0 Å². The van der Waals surface area contributed by atoms with Crippen molar-refractivity contribution in [3.63, 3.8) is 0 Å². The van der Waals surface area contributed by atoms with Gasteiger partial charge in [-0.3, -0.25) is 4.79 Å². The van der Waals surface area contributed by atoms with Gasteiger partial charge in [-0.2, -0.15) is 0 Å². The highest BCUT2D eigenvalue weighted by Crippen LogP contribution is 2.15. The summed E-state index contributed by atoms with van der Waals surface area (Å²) in [6.45, 7) is 9.07. The summed E-state index contributed by atoms with van der Waals surface area (Å²) in [5.41, 5.74) is 4.48. The van der Waals surface area contributed by atoms with Crippen molar-refractivity contribution in [2.75, 3.05) is 13.1 Å². The molecule has 1 aliphatic heterocycles. The van der Waals surface area contributed by atoms with Crippen LogP contribution in [0.1, 0.15) is 40.9 Å². The molecule has 1 amide bonds. The van der Waals surface area contributed by atoms with Crippen molar-refractivity contribution in [1.82, 2.24) is 10.2 Å². The third-order valence-electron chi connectivity index (χ3n) is 4.65. The van der Waals surface area contributed by atoms with Crippen LogP contribution in [0.5, 0.6) is 0 Å². The van der Waals surface area contributed by atoms with E-state index in [1.54, 1.807) is 0 Å². The Balaban J connectivity index is 1.53. The van der Waals surface area contributed by atoms with Gasteiger partial charge in [0.25, 0.3) is 5.91 Å². The molecule has 3 rings (SSSR count). The maximum absolute atomic E-state index is 12.7. The number of ether oxygens (including phenoxy) is 1. The van der Waals surface area contributed by atoms with Gasteiger partial charge >= 0.3 is 0 Å². The lowest BCUT2D eigenvalue weighted by Gasteiger charge is -2.35. The summed E-state index contributed by atoms with van der Waals surface area (Å²) < 4.78 is 5.71. The lowest BCUT2D eigenvalue weighted by atomic mass is 10.1. The first-order chi connectivity index (χ1) is 12.5. The fraction of sp³-hybridized carbons (Fsp3) is 0.409. The minimum Gasteiger partial charge on any atom is -0.372 e. The van der Waals surface area contributed by atoms with Gasteiger partial charge in [-0.05, 0) is 44.0 Å². The summed E-state index contributed by atoms with van der Waals surface area (Å²) in [5.74, 6) is 0.0891. The van der Waals surface area contributed by atoms with Crippen LogP contribution in [0.25, 0.3) is 0 Å². The number of benzene rings is 2. The second-order valence-corrected chi connectivity index (χ2v) is 7.26. The number of carbonyl (C=O) groups is 1. The molecule has 0 radical (unpaired) electrons. The highest BCUT2D eigenvalue weighted by Gasteiger charge is 2.26. The van der Waals surface area contributed by atoms with Gasteiger partial charge in [-0.15, -0.1) is 0 Å². The Hall–Kier alpha value is -2.17. The quantitative estimate of drug-likeness (QED) is 0.895. The average molecular weight is 352 g/mol. The average Bonchev–Trinajstić information content (AvgIpc) is 2.61. The van der Waals surface area contributed by atoms with Crippen LogP contribution in [0, 0.1) is 6.92 Å². The smallest absolute Gasteiger partial charge is 0.254 e. The SMILES string of the molecule is Cc1cccc(CNCc2ccc(C(=O)N3CC(C)OC(C)C3)cc2)c1. The van der Waals surface area contributed by atoms with Gasteiger partial charge in [0.2, 0.25) is 0 Å². The van der Waals surface area contributed by atoms with Crippen molar-refractivity contribution in [2.45, 2.75) is 46.1 Å². The largest absolute Gasteiger partial charge is 0.372 e. The Labute approximate surface area is 156 Å². The summed E-state index contributed by atoms with van der Waals surface area (Å²) in [7, 11) is 0. The first kappa shape index (κ1) is 18.6. The molecule has 1 fully saturated rings. The van der Waals surface area contributed by atoms with Crippen molar-refractivity contribution in [3.05, 3.63) is 70.8 Å². The van der Waals surface area contributed by atoms with Gasteiger partial charge in [0, 0.05) is 31.7 Å². The van der Waals surface area contributed by atoms with Gasteiger partial charge in [-0.25, -0.2) is 0 Å². The predicted molar refractivity (Wildman–Crippen MR) is 104 cm³/mol. The van der Waals surface area contributed by atoms with Crippen molar-refractivity contribution in [3.8, 4) is 0 Å². The molecule has 4 nitrogen and oxygen atoms in total. The minimum absolute atomic E-state index is 0.0891. The zero-order chi connectivity index (χ0) is 18.5. The van der Waals surface area contributed by atoms with E-state index in [-0.39, 0.29) is 18.1 Å². The van der Waals surface area contributed by atoms with Crippen LogP contribution >= 0.6 is 0 Å². The van der Waals surface area contributed by atoms with Crippen LogP contribution in [-0.2, 0) is 17.8 Å². The Morgan fingerprint density at radius 3 is 2.35 bits per heavy atom. The molecule has 0 aromatic heterocycles. The van der Waals surface area contributed by atoms with E-state index in [9.17, 15) is 4.79 Å². The fourth-order valence-electron chi connectivity index (χ4n) is 3.46. The summed E-state index contributed by atoms with van der Waals surface area (Å²) in [6.07, 6.45) is 0.181. The summed E-state index contributed by atoms with van der Waals surface area (Å²) >= 11 is 0. The monoisotopic (exact) mass is 352 g/mol. The molecule has 0 bridgehead atoms. The van der Waals surface area contributed by atoms with Gasteiger partial charge in [0.05, 0.1) is 12.2 Å². The Morgan fingerprint density at radius 1 is 1.04 bits per heavy atom. The van der Waals surface area contributed by atoms with E-state index < -0.39 is 0 Å². The fourth-order valence-corrected chi connectivity index (χ4v) is 3.46. The Morgan fingerprint density at radius 2 is 1.69 bits per heavy atom. The van der Waals surface area contributed by atoms with Crippen molar-refractivity contribution >= 4 is 5.91 Å². The van der Waals surface area contributed by atoms with E-state index in [0.717, 1.165) is 18.7 Å². The topological polar surface area (TPSA) is 41.6 Å². The summed E-state index contributed by atoms with van der Waals surface area (Å²) in [6, 6.07) is 16.4. The van der Waals surface area contributed by atoms with Crippen LogP contribution in [0.15, 0.2) is 48.5 Å². The van der Waals surface area contributed by atoms with Crippen LogP contribution in [0.3, 0.4) is 0 Å². The molecule has 1 N–H and O–H groups in total. The highest BCUT2D eigenvalue weighted by atomic mass is 16.5. The molecule has 1 saturated heterocycles. The maximum Gasteiger partial charge on any atom is 0.254 e. The van der Waals surface area contributed by atoms with Gasteiger partial charge in [-0.1, -0.05) is 42.0 Å². The molecule has 2 aromatic carbocycles. The minimum atomic E-state index is 0.0891. The Kier molecular flexibility index (Phi) is 6.07. The third kappa shape index (κ3) is 4.93. The molecule has 2 aromatic rings. The first-order valence-electron chi connectivity index (χ1n) is 9.31. The van der Waals surface area contributed by atoms with Crippen LogP contribution in [0.2, 0.25) is 0 Å². The second-order valence-electron chi connectivity index (χ2n) is 7.26. The molecule has 1 heterocycles. The second kappa shape index (κ2) is 8.47. The van der Waals surface area contributed by atoms with E-state index in [1.165, 1.54) is 16.7 Å². The number of amides is 1. The molecule has 0 saturated carbocycles. The van der Waals surface area contributed by atoms with E-state index in [4.69, 9.17) is 4.74 Å². The van der Waals surface area contributed by atoms with Gasteiger partial charge < -0.3 is 15.0 Å². The van der Waals surface area contributed by atoms with E-state index in [0.29, 0.717) is 13.1 Å². The molecule has 2 unspecified atom stereocenters. The number of nitrogens with one attached hydrogen (secondary N) is 1. The zero-order valence-electron chi connectivity index (χ0n) is 15.9. The van der Waals surface area contributed by atoms with Crippen molar-refractivity contribution < 1.29 is 9.53 Å². The van der Waals surface area contributed by atoms with Gasteiger partial charge in [0.1, 0.15) is 0 Å². The lowest BCUT2D eigenvalue weighted by molar-refractivity contribution is -0.0586. The molecule has 26 heavy (non-hydrogen) atoms. The van der Waals surface area contributed by atoms with Gasteiger partial charge in [0.15, 0.2) is 0 Å². The molecule has 2 atom stereocenters. The van der Waals surface area contributed by atoms with Crippen LogP contribution < -0.4 is 5.32 Å². The van der Waals surface area contributed by atoms with Crippen molar-refractivity contribution in [2.24, 2.45) is 0 Å². The Bertz CT molecular complexity index is 732. The number of rotatable bonds is 5. The molecular weight excluding hydrogens is 324 g/mol. The molecule has 4 heteroatoms. The summed E-state index contributed by atoms with van der Waals surface area (Å²) in [5, 5.41) is 3.46. The number of hydrogen-bond acceptors (Lipinski definition) is 3. The van der Waals surface area contributed by atoms with E-state index >= 15 is 0 Å². The molecule has 1 aliphatic rings. The molecule has 138 valence electrons. The maximum atomic E-state index is 12.7. The molecular formula is C22H28N2O2. The normalized spacial score (nSPS) is 20.2.